The molecule has 3 heteroatoms. The van der Waals surface area contributed by atoms with Crippen LogP contribution in [0.1, 0.15) is 62.8 Å². The van der Waals surface area contributed by atoms with E-state index in [2.05, 4.69) is 47.2 Å². The van der Waals surface area contributed by atoms with Crippen molar-refractivity contribution < 1.29 is 4.79 Å². The number of likely N-dealkylation sites (tertiary alicyclic amines) is 2. The molecule has 0 bridgehead atoms. The second-order valence-electron chi connectivity index (χ2n) is 9.37. The fourth-order valence-corrected chi connectivity index (χ4v) is 6.21. The zero-order valence-electron chi connectivity index (χ0n) is 16.1. The number of nitrogens with zero attached hydrogens (tertiary/aromatic N) is 2. The summed E-state index contributed by atoms with van der Waals surface area (Å²) in [6.07, 6.45) is 10.2. The van der Waals surface area contributed by atoms with Gasteiger partial charge in [-0.05, 0) is 56.7 Å². The number of benzene rings is 1. The fourth-order valence-electron chi connectivity index (χ4n) is 6.21. The fraction of sp³-hybridized carbons (Fsp3) is 0.696. The minimum Gasteiger partial charge on any atom is -0.337 e. The number of amides is 1. The van der Waals surface area contributed by atoms with Crippen LogP contribution in [0, 0.1) is 11.3 Å². The molecule has 1 aromatic rings. The van der Waals surface area contributed by atoms with Gasteiger partial charge >= 0.3 is 0 Å². The largest absolute Gasteiger partial charge is 0.337 e. The van der Waals surface area contributed by atoms with Crippen LogP contribution < -0.4 is 0 Å². The van der Waals surface area contributed by atoms with E-state index < -0.39 is 0 Å². The van der Waals surface area contributed by atoms with Crippen molar-refractivity contribution in [3.8, 4) is 0 Å². The SMILES string of the molecule is CN1CCCCC[C@@H]2[C@@H]1[C@H](c1ccccc1)CN2C(=O)[C@H]1CC12CCC2. The van der Waals surface area contributed by atoms with Crippen LogP contribution in [0.15, 0.2) is 30.3 Å². The standard InChI is InChI=1S/C23H32N2O/c1-24-14-7-3-6-11-20-21(24)18(17-9-4-2-5-10-17)16-25(20)22(26)19-15-23(19)12-8-13-23/h2,4-5,9-10,18-21H,3,6-8,11-16H2,1H3/t18-,19+,20+,21-/m0/s1. The third-order valence-corrected chi connectivity index (χ3v) is 7.97. The van der Waals surface area contributed by atoms with E-state index >= 15 is 0 Å². The molecule has 140 valence electrons. The molecule has 3 nitrogen and oxygen atoms in total. The number of carbonyl (C=O) groups excluding carboxylic acids is 1. The summed E-state index contributed by atoms with van der Waals surface area (Å²) in [5, 5.41) is 0. The lowest BCUT2D eigenvalue weighted by molar-refractivity contribution is -0.135. The normalized spacial score (nSPS) is 36.1. The number of hydrogen-bond acceptors (Lipinski definition) is 2. The second-order valence-corrected chi connectivity index (χ2v) is 9.37. The first-order valence-electron chi connectivity index (χ1n) is 10.8. The molecule has 2 saturated heterocycles. The summed E-state index contributed by atoms with van der Waals surface area (Å²) < 4.78 is 0. The molecular formula is C23H32N2O. The lowest BCUT2D eigenvalue weighted by Crippen LogP contribution is -2.48. The van der Waals surface area contributed by atoms with Gasteiger partial charge in [0.15, 0.2) is 0 Å². The van der Waals surface area contributed by atoms with Crippen molar-refractivity contribution in [2.24, 2.45) is 11.3 Å². The van der Waals surface area contributed by atoms with Gasteiger partial charge in [0.05, 0.1) is 0 Å². The Morgan fingerprint density at radius 2 is 1.88 bits per heavy atom. The lowest BCUT2D eigenvalue weighted by Gasteiger charge is -2.37. The van der Waals surface area contributed by atoms with Crippen LogP contribution in [0.4, 0.5) is 0 Å². The highest BCUT2D eigenvalue weighted by Gasteiger charge is 2.63. The molecule has 1 spiro atoms. The van der Waals surface area contributed by atoms with Gasteiger partial charge in [-0.3, -0.25) is 4.79 Å². The van der Waals surface area contributed by atoms with Crippen molar-refractivity contribution in [3.63, 3.8) is 0 Å². The number of hydrogen-bond donors (Lipinski definition) is 0. The smallest absolute Gasteiger partial charge is 0.226 e. The molecule has 1 amide bonds. The van der Waals surface area contributed by atoms with Gasteiger partial charge in [0.1, 0.15) is 0 Å². The van der Waals surface area contributed by atoms with E-state index in [-0.39, 0.29) is 0 Å². The van der Waals surface area contributed by atoms with Crippen molar-refractivity contribution in [1.29, 1.82) is 0 Å². The number of rotatable bonds is 2. The van der Waals surface area contributed by atoms with Crippen LogP contribution >= 0.6 is 0 Å². The Balaban J connectivity index is 1.44. The molecule has 0 N–H and O–H groups in total. The summed E-state index contributed by atoms with van der Waals surface area (Å²) >= 11 is 0. The molecule has 4 aliphatic rings. The van der Waals surface area contributed by atoms with Crippen LogP contribution in [-0.2, 0) is 4.79 Å². The van der Waals surface area contributed by atoms with Crippen molar-refractivity contribution in [2.45, 2.75) is 69.4 Å². The monoisotopic (exact) mass is 352 g/mol. The summed E-state index contributed by atoms with van der Waals surface area (Å²) in [7, 11) is 2.29. The van der Waals surface area contributed by atoms with E-state index in [1.165, 1.54) is 63.5 Å². The molecule has 0 aromatic heterocycles. The molecule has 2 heterocycles. The molecule has 0 unspecified atom stereocenters. The van der Waals surface area contributed by atoms with Crippen molar-refractivity contribution in [1.82, 2.24) is 9.80 Å². The van der Waals surface area contributed by atoms with Gasteiger partial charge in [-0.2, -0.15) is 0 Å². The van der Waals surface area contributed by atoms with Crippen LogP contribution in [-0.4, -0.2) is 47.9 Å². The maximum Gasteiger partial charge on any atom is 0.226 e. The van der Waals surface area contributed by atoms with Gasteiger partial charge < -0.3 is 9.80 Å². The van der Waals surface area contributed by atoms with E-state index in [0.717, 1.165) is 6.54 Å². The maximum absolute atomic E-state index is 13.5. The van der Waals surface area contributed by atoms with Gasteiger partial charge in [0.2, 0.25) is 5.91 Å². The minimum atomic E-state index is 0.349. The minimum absolute atomic E-state index is 0.349. The molecule has 4 atom stereocenters. The molecule has 5 rings (SSSR count). The number of fused-ring (bicyclic) bond motifs is 1. The van der Waals surface area contributed by atoms with E-state index in [0.29, 0.717) is 35.2 Å². The summed E-state index contributed by atoms with van der Waals surface area (Å²) in [5.74, 6) is 1.30. The zero-order chi connectivity index (χ0) is 17.7. The Bertz CT molecular complexity index is 668. The third-order valence-electron chi connectivity index (χ3n) is 7.97. The lowest BCUT2D eigenvalue weighted by atomic mass is 9.79. The van der Waals surface area contributed by atoms with Gasteiger partial charge in [0.25, 0.3) is 0 Å². The average Bonchev–Trinajstić information content (AvgIpc) is 3.29. The van der Waals surface area contributed by atoms with E-state index in [1.54, 1.807) is 0 Å². The molecular weight excluding hydrogens is 320 g/mol. The van der Waals surface area contributed by atoms with Crippen molar-refractivity contribution in [3.05, 3.63) is 35.9 Å². The number of likely N-dealkylation sites (N-methyl/N-ethyl adjacent to an activating group) is 1. The highest BCUT2D eigenvalue weighted by Crippen LogP contribution is 2.66. The van der Waals surface area contributed by atoms with Gasteiger partial charge in [-0.15, -0.1) is 0 Å². The van der Waals surface area contributed by atoms with Crippen molar-refractivity contribution in [2.75, 3.05) is 20.1 Å². The summed E-state index contributed by atoms with van der Waals surface area (Å²) in [6.45, 7) is 2.09. The van der Waals surface area contributed by atoms with E-state index in [9.17, 15) is 4.79 Å². The number of carbonyl (C=O) groups is 1. The third kappa shape index (κ3) is 2.62. The van der Waals surface area contributed by atoms with E-state index in [1.807, 2.05) is 0 Å². The van der Waals surface area contributed by atoms with Crippen LogP contribution in [0.3, 0.4) is 0 Å². The average molecular weight is 353 g/mol. The maximum atomic E-state index is 13.5. The molecule has 2 aliphatic heterocycles. The predicted molar refractivity (Wildman–Crippen MR) is 104 cm³/mol. The quantitative estimate of drug-likeness (QED) is 0.802. The molecule has 2 saturated carbocycles. The Morgan fingerprint density at radius 3 is 2.58 bits per heavy atom. The second kappa shape index (κ2) is 6.37. The molecule has 1 aromatic carbocycles. The zero-order valence-corrected chi connectivity index (χ0v) is 16.1. The first-order valence-corrected chi connectivity index (χ1v) is 10.8. The van der Waals surface area contributed by atoms with Crippen LogP contribution in [0.25, 0.3) is 0 Å². The first-order chi connectivity index (χ1) is 12.7. The topological polar surface area (TPSA) is 23.6 Å². The Morgan fingerprint density at radius 1 is 1.08 bits per heavy atom. The molecule has 0 radical (unpaired) electrons. The Labute approximate surface area is 157 Å². The summed E-state index contributed by atoms with van der Waals surface area (Å²) in [4.78, 5) is 18.4. The highest BCUT2D eigenvalue weighted by molar-refractivity contribution is 5.84. The van der Waals surface area contributed by atoms with E-state index in [4.69, 9.17) is 0 Å². The molecule has 2 aliphatic carbocycles. The van der Waals surface area contributed by atoms with Crippen LogP contribution in [0.5, 0.6) is 0 Å². The highest BCUT2D eigenvalue weighted by atomic mass is 16.2. The predicted octanol–water partition coefficient (Wildman–Crippen LogP) is 4.05. The Kier molecular flexibility index (Phi) is 4.11. The molecule has 4 fully saturated rings. The van der Waals surface area contributed by atoms with Gasteiger partial charge in [-0.1, -0.05) is 49.6 Å². The molecule has 26 heavy (non-hydrogen) atoms. The summed E-state index contributed by atoms with van der Waals surface area (Å²) in [5.41, 5.74) is 1.85. The van der Waals surface area contributed by atoms with Crippen molar-refractivity contribution >= 4 is 5.91 Å². The summed E-state index contributed by atoms with van der Waals surface area (Å²) in [6, 6.07) is 11.9. The Hall–Kier alpha value is -1.35. The van der Waals surface area contributed by atoms with Gasteiger partial charge in [-0.25, -0.2) is 0 Å². The van der Waals surface area contributed by atoms with Crippen LogP contribution in [0.2, 0.25) is 0 Å². The first kappa shape index (κ1) is 16.8. The van der Waals surface area contributed by atoms with Gasteiger partial charge in [0, 0.05) is 30.5 Å².